The molecule has 2 saturated carbocycles. The maximum Gasteiger partial charge on any atom is 0.262 e. The van der Waals surface area contributed by atoms with Gasteiger partial charge in [-0.2, -0.15) is 0 Å². The van der Waals surface area contributed by atoms with E-state index in [0.29, 0.717) is 5.39 Å². The third kappa shape index (κ3) is 3.01. The molecule has 2 fully saturated rings. The Morgan fingerprint density at radius 3 is 2.65 bits per heavy atom. The maximum absolute atomic E-state index is 13.0. The second-order valence-electron chi connectivity index (χ2n) is 6.50. The number of rotatable bonds is 4. The van der Waals surface area contributed by atoms with Gasteiger partial charge in [0.1, 0.15) is 4.33 Å². The average Bonchev–Trinajstić information content (AvgIpc) is 2.91. The average molecular weight is 369 g/mol. The number of halogens is 2. The van der Waals surface area contributed by atoms with E-state index in [1.165, 1.54) is 12.8 Å². The number of benzene rings is 1. The van der Waals surface area contributed by atoms with Crippen LogP contribution in [0.1, 0.15) is 38.1 Å². The first-order valence-corrected chi connectivity index (χ1v) is 9.82. The highest BCUT2D eigenvalue weighted by molar-refractivity contribution is 7.99. The normalized spacial score (nSPS) is 23.5. The molecule has 1 aromatic carbocycles. The Bertz CT molecular complexity index is 799. The van der Waals surface area contributed by atoms with Gasteiger partial charge in [-0.15, -0.1) is 23.2 Å². The number of alkyl halides is 2. The van der Waals surface area contributed by atoms with Crippen molar-refractivity contribution in [3.05, 3.63) is 34.6 Å². The number of aromatic nitrogens is 2. The number of hydrogen-bond acceptors (Lipinski definition) is 3. The van der Waals surface area contributed by atoms with Gasteiger partial charge in [0, 0.05) is 17.7 Å². The van der Waals surface area contributed by atoms with Crippen LogP contribution in [0.3, 0.4) is 0 Å². The number of hydrogen-bond donors (Lipinski definition) is 0. The van der Waals surface area contributed by atoms with E-state index < -0.39 is 4.33 Å². The van der Waals surface area contributed by atoms with Gasteiger partial charge < -0.3 is 0 Å². The zero-order valence-electron chi connectivity index (χ0n) is 12.7. The molecule has 2 aliphatic rings. The fraction of sp³-hybridized carbons (Fsp3) is 0.529. The van der Waals surface area contributed by atoms with Crippen LogP contribution in [0.4, 0.5) is 0 Å². The van der Waals surface area contributed by atoms with Crippen molar-refractivity contribution in [3.63, 3.8) is 0 Å². The summed E-state index contributed by atoms with van der Waals surface area (Å²) in [6.45, 7) is 0. The van der Waals surface area contributed by atoms with Crippen LogP contribution < -0.4 is 5.56 Å². The van der Waals surface area contributed by atoms with Crippen molar-refractivity contribution in [1.29, 1.82) is 0 Å². The minimum atomic E-state index is -0.581. The third-order valence-electron chi connectivity index (χ3n) is 4.83. The predicted molar refractivity (Wildman–Crippen MR) is 96.8 cm³/mol. The second-order valence-corrected chi connectivity index (χ2v) is 9.03. The van der Waals surface area contributed by atoms with Crippen LogP contribution in [-0.2, 0) is 0 Å². The molecule has 0 spiro atoms. The van der Waals surface area contributed by atoms with E-state index in [2.05, 4.69) is 0 Å². The van der Waals surface area contributed by atoms with Crippen molar-refractivity contribution in [3.8, 4) is 0 Å². The van der Waals surface area contributed by atoms with Gasteiger partial charge in [-0.05, 0) is 31.4 Å². The quantitative estimate of drug-likeness (QED) is 0.441. The van der Waals surface area contributed by atoms with E-state index in [1.54, 1.807) is 11.8 Å². The van der Waals surface area contributed by atoms with E-state index in [4.69, 9.17) is 28.2 Å². The molecular formula is C17H18Cl2N2OS. The number of para-hydroxylation sites is 1. The highest BCUT2D eigenvalue weighted by Gasteiger charge is 2.51. The summed E-state index contributed by atoms with van der Waals surface area (Å²) in [6.07, 6.45) is 5.31. The fourth-order valence-electron chi connectivity index (χ4n) is 3.34. The Morgan fingerprint density at radius 2 is 1.96 bits per heavy atom. The van der Waals surface area contributed by atoms with Crippen molar-refractivity contribution in [2.45, 2.75) is 47.6 Å². The van der Waals surface area contributed by atoms with Crippen LogP contribution in [0.5, 0.6) is 0 Å². The Labute approximate surface area is 149 Å². The summed E-state index contributed by atoms with van der Waals surface area (Å²) >= 11 is 13.9. The molecule has 2 aromatic rings. The van der Waals surface area contributed by atoms with Gasteiger partial charge in [-0.1, -0.05) is 36.7 Å². The molecule has 0 radical (unpaired) electrons. The minimum Gasteiger partial charge on any atom is -0.284 e. The summed E-state index contributed by atoms with van der Waals surface area (Å²) < 4.78 is 1.34. The fourth-order valence-corrected chi connectivity index (χ4v) is 5.33. The minimum absolute atomic E-state index is 0.0869. The Morgan fingerprint density at radius 1 is 1.26 bits per heavy atom. The predicted octanol–water partition coefficient (Wildman–Crippen LogP) is 4.80. The summed E-state index contributed by atoms with van der Waals surface area (Å²) in [5.74, 6) is 1.10. The van der Waals surface area contributed by atoms with Crippen LogP contribution in [0.15, 0.2) is 34.2 Å². The van der Waals surface area contributed by atoms with E-state index in [0.717, 1.165) is 35.7 Å². The molecule has 1 heterocycles. The lowest BCUT2D eigenvalue weighted by molar-refractivity contribution is 0.457. The van der Waals surface area contributed by atoms with Gasteiger partial charge in [-0.25, -0.2) is 4.98 Å². The van der Waals surface area contributed by atoms with Gasteiger partial charge in [0.05, 0.1) is 10.9 Å². The highest BCUT2D eigenvalue weighted by atomic mass is 35.5. The molecule has 122 valence electrons. The summed E-state index contributed by atoms with van der Waals surface area (Å²) in [4.78, 5) is 17.7. The van der Waals surface area contributed by atoms with Gasteiger partial charge in [0.25, 0.3) is 5.56 Å². The van der Waals surface area contributed by atoms with Gasteiger partial charge in [-0.3, -0.25) is 9.36 Å². The molecular weight excluding hydrogens is 351 g/mol. The van der Waals surface area contributed by atoms with Crippen LogP contribution >= 0.6 is 35.0 Å². The van der Waals surface area contributed by atoms with Crippen molar-refractivity contribution < 1.29 is 0 Å². The molecule has 3 nitrogen and oxygen atoms in total. The largest absolute Gasteiger partial charge is 0.284 e. The monoisotopic (exact) mass is 368 g/mol. The molecule has 0 aliphatic heterocycles. The Hall–Kier alpha value is -0.710. The molecule has 4 rings (SSSR count). The lowest BCUT2D eigenvalue weighted by Gasteiger charge is -2.18. The summed E-state index contributed by atoms with van der Waals surface area (Å²) in [5, 5.41) is 1.52. The molecule has 1 atom stereocenters. The molecule has 0 saturated heterocycles. The Kier molecular flexibility index (Phi) is 4.11. The molecule has 1 aromatic heterocycles. The molecule has 6 heteroatoms. The van der Waals surface area contributed by atoms with Crippen LogP contribution in [0.2, 0.25) is 0 Å². The Balaban J connectivity index is 1.74. The van der Waals surface area contributed by atoms with Crippen molar-refractivity contribution in [1.82, 2.24) is 9.55 Å². The van der Waals surface area contributed by atoms with E-state index >= 15 is 0 Å². The lowest BCUT2D eigenvalue weighted by atomic mass is 10.2. The van der Waals surface area contributed by atoms with Crippen molar-refractivity contribution in [2.24, 2.45) is 5.92 Å². The number of fused-ring (bicyclic) bond motifs is 1. The van der Waals surface area contributed by atoms with Crippen LogP contribution in [-0.4, -0.2) is 19.6 Å². The highest BCUT2D eigenvalue weighted by Crippen LogP contribution is 2.54. The van der Waals surface area contributed by atoms with E-state index in [-0.39, 0.29) is 17.5 Å². The lowest BCUT2D eigenvalue weighted by Crippen LogP contribution is -2.26. The van der Waals surface area contributed by atoms with Crippen molar-refractivity contribution >= 4 is 45.9 Å². The topological polar surface area (TPSA) is 34.9 Å². The third-order valence-corrected chi connectivity index (χ3v) is 6.88. The zero-order chi connectivity index (χ0) is 16.0. The van der Waals surface area contributed by atoms with E-state index in [9.17, 15) is 4.79 Å². The van der Waals surface area contributed by atoms with Gasteiger partial charge >= 0.3 is 0 Å². The molecule has 0 bridgehead atoms. The SMILES string of the molecule is O=c1c2ccccc2nc(SC[C@H]2CC2(Cl)Cl)n1C1CCCC1. The first-order chi connectivity index (χ1) is 11.1. The number of nitrogens with zero attached hydrogens (tertiary/aromatic N) is 2. The molecule has 23 heavy (non-hydrogen) atoms. The molecule has 0 N–H and O–H groups in total. The molecule has 2 aliphatic carbocycles. The second kappa shape index (κ2) is 5.98. The van der Waals surface area contributed by atoms with Gasteiger partial charge in [0.15, 0.2) is 5.16 Å². The summed E-state index contributed by atoms with van der Waals surface area (Å²) in [5.41, 5.74) is 0.858. The van der Waals surface area contributed by atoms with Crippen molar-refractivity contribution in [2.75, 3.05) is 5.75 Å². The summed E-state index contributed by atoms with van der Waals surface area (Å²) in [7, 11) is 0. The number of thioether (sulfide) groups is 1. The zero-order valence-corrected chi connectivity index (χ0v) is 15.0. The first-order valence-electron chi connectivity index (χ1n) is 8.08. The van der Waals surface area contributed by atoms with E-state index in [1.807, 2.05) is 28.8 Å². The maximum atomic E-state index is 13.0. The smallest absolute Gasteiger partial charge is 0.262 e. The molecule has 0 unspecified atom stereocenters. The van der Waals surface area contributed by atoms with Crippen LogP contribution in [0, 0.1) is 5.92 Å². The van der Waals surface area contributed by atoms with Crippen LogP contribution in [0.25, 0.3) is 10.9 Å². The first kappa shape index (κ1) is 15.8. The molecule has 0 amide bonds. The standard InChI is InChI=1S/C17H18Cl2N2OS/c18-17(19)9-11(17)10-23-16-20-14-8-4-3-7-13(14)15(22)21(16)12-5-1-2-6-12/h3-4,7-8,11-12H,1-2,5-6,9-10H2/t11-/m1/s1. The summed E-state index contributed by atoms with van der Waals surface area (Å²) in [6, 6.07) is 7.87. The van der Waals surface area contributed by atoms with Gasteiger partial charge in [0.2, 0.25) is 0 Å².